The Balaban J connectivity index is 3.06. The molecule has 78 valence electrons. The maximum Gasteiger partial charge on any atom is 0.145 e. The Morgan fingerprint density at radius 1 is 1.43 bits per heavy atom. The Morgan fingerprint density at radius 2 is 2.07 bits per heavy atom. The van der Waals surface area contributed by atoms with Crippen molar-refractivity contribution in [3.63, 3.8) is 0 Å². The average molecular weight is 216 g/mol. The maximum atomic E-state index is 13.5. The third-order valence-corrected chi connectivity index (χ3v) is 2.85. The van der Waals surface area contributed by atoms with Crippen LogP contribution in [0.25, 0.3) is 0 Å². The molecule has 0 bridgehead atoms. The van der Waals surface area contributed by atoms with Crippen molar-refractivity contribution >= 4 is 11.6 Å². The molecule has 0 heterocycles. The van der Waals surface area contributed by atoms with Gasteiger partial charge in [0.1, 0.15) is 5.82 Å². The first-order valence-electron chi connectivity index (χ1n) is 4.72. The second-order valence-corrected chi connectivity index (χ2v) is 3.88. The molecule has 1 rings (SSSR count). The van der Waals surface area contributed by atoms with Gasteiger partial charge in [0.15, 0.2) is 0 Å². The molecule has 0 aliphatic heterocycles. The second-order valence-electron chi connectivity index (χ2n) is 3.50. The van der Waals surface area contributed by atoms with Crippen molar-refractivity contribution in [2.45, 2.75) is 26.7 Å². The zero-order valence-electron chi connectivity index (χ0n) is 8.53. The molecular weight excluding hydrogens is 201 g/mol. The van der Waals surface area contributed by atoms with Gasteiger partial charge in [-0.3, -0.25) is 0 Å². The summed E-state index contributed by atoms with van der Waals surface area (Å²) in [6, 6.07) is 1.94. The summed E-state index contributed by atoms with van der Waals surface area (Å²) in [6.07, 6.45) is 1.69. The van der Waals surface area contributed by atoms with E-state index in [0.29, 0.717) is 12.1 Å². The van der Waals surface area contributed by atoms with E-state index < -0.39 is 0 Å². The summed E-state index contributed by atoms with van der Waals surface area (Å²) in [5.74, 6) is -0.293. The highest BCUT2D eigenvalue weighted by Gasteiger charge is 2.10. The number of rotatable bonds is 3. The number of hydrogen-bond acceptors (Lipinski definition) is 1. The van der Waals surface area contributed by atoms with Crippen LogP contribution in [-0.4, -0.2) is 6.54 Å². The van der Waals surface area contributed by atoms with Gasteiger partial charge in [-0.2, -0.15) is 0 Å². The molecule has 0 aromatic heterocycles. The number of benzene rings is 1. The van der Waals surface area contributed by atoms with Crippen LogP contribution in [0, 0.1) is 19.7 Å². The predicted molar refractivity (Wildman–Crippen MR) is 58.3 cm³/mol. The molecule has 0 spiro atoms. The number of nitrogens with two attached hydrogens (primary N) is 1. The van der Waals surface area contributed by atoms with Gasteiger partial charge in [0.05, 0.1) is 5.02 Å². The standard InChI is InChI=1S/C11H15ClFN/c1-7-6-9(4-3-5-14)8(2)11(13)10(7)12/h6H,3-5,14H2,1-2H3. The van der Waals surface area contributed by atoms with Crippen molar-refractivity contribution in [3.8, 4) is 0 Å². The van der Waals surface area contributed by atoms with Crippen molar-refractivity contribution in [2.24, 2.45) is 5.73 Å². The molecule has 0 radical (unpaired) electrons. The summed E-state index contributed by atoms with van der Waals surface area (Å²) in [7, 11) is 0. The van der Waals surface area contributed by atoms with E-state index in [9.17, 15) is 4.39 Å². The SMILES string of the molecule is Cc1cc(CCCN)c(C)c(F)c1Cl. The first-order valence-corrected chi connectivity index (χ1v) is 5.10. The maximum absolute atomic E-state index is 13.5. The van der Waals surface area contributed by atoms with Crippen LogP contribution in [0.5, 0.6) is 0 Å². The zero-order valence-corrected chi connectivity index (χ0v) is 9.29. The number of hydrogen-bond donors (Lipinski definition) is 1. The Labute approximate surface area is 89.1 Å². The predicted octanol–water partition coefficient (Wildman–Crippen LogP) is 2.99. The van der Waals surface area contributed by atoms with Gasteiger partial charge in [-0.05, 0) is 49.9 Å². The van der Waals surface area contributed by atoms with E-state index >= 15 is 0 Å². The summed E-state index contributed by atoms with van der Waals surface area (Å²) in [5.41, 5.74) is 7.86. The van der Waals surface area contributed by atoms with E-state index in [4.69, 9.17) is 17.3 Å². The van der Waals surface area contributed by atoms with Crippen LogP contribution in [0.4, 0.5) is 4.39 Å². The Morgan fingerprint density at radius 3 is 2.64 bits per heavy atom. The summed E-state index contributed by atoms with van der Waals surface area (Å²) < 4.78 is 13.5. The van der Waals surface area contributed by atoms with Crippen LogP contribution in [0.3, 0.4) is 0 Å². The van der Waals surface area contributed by atoms with Crippen LogP contribution in [0.1, 0.15) is 23.1 Å². The minimum Gasteiger partial charge on any atom is -0.330 e. The molecule has 0 fully saturated rings. The lowest BCUT2D eigenvalue weighted by Gasteiger charge is -2.09. The lowest BCUT2D eigenvalue weighted by atomic mass is 10.0. The fourth-order valence-electron chi connectivity index (χ4n) is 1.46. The number of halogens is 2. The molecule has 3 heteroatoms. The van der Waals surface area contributed by atoms with Crippen LogP contribution in [0.2, 0.25) is 5.02 Å². The van der Waals surface area contributed by atoms with E-state index in [1.165, 1.54) is 0 Å². The lowest BCUT2D eigenvalue weighted by Crippen LogP contribution is -2.03. The molecule has 2 N–H and O–H groups in total. The van der Waals surface area contributed by atoms with E-state index in [1.807, 2.05) is 13.0 Å². The monoisotopic (exact) mass is 215 g/mol. The molecule has 0 saturated heterocycles. The van der Waals surface area contributed by atoms with Gasteiger partial charge in [0.2, 0.25) is 0 Å². The average Bonchev–Trinajstić information content (AvgIpc) is 2.18. The van der Waals surface area contributed by atoms with Crippen molar-refractivity contribution < 1.29 is 4.39 Å². The molecule has 1 nitrogen and oxygen atoms in total. The van der Waals surface area contributed by atoms with Gasteiger partial charge in [-0.1, -0.05) is 17.7 Å². The van der Waals surface area contributed by atoms with Crippen molar-refractivity contribution in [1.29, 1.82) is 0 Å². The van der Waals surface area contributed by atoms with Crippen molar-refractivity contribution in [1.82, 2.24) is 0 Å². The molecule has 0 aliphatic rings. The lowest BCUT2D eigenvalue weighted by molar-refractivity contribution is 0.613. The second kappa shape index (κ2) is 4.76. The highest BCUT2D eigenvalue weighted by atomic mass is 35.5. The molecule has 1 aromatic carbocycles. The molecule has 0 amide bonds. The van der Waals surface area contributed by atoms with Gasteiger partial charge in [0.25, 0.3) is 0 Å². The fraction of sp³-hybridized carbons (Fsp3) is 0.455. The van der Waals surface area contributed by atoms with Crippen LogP contribution >= 0.6 is 11.6 Å². The summed E-state index contributed by atoms with van der Waals surface area (Å²) in [5, 5.41) is 0.235. The first kappa shape index (κ1) is 11.5. The molecule has 0 unspecified atom stereocenters. The van der Waals surface area contributed by atoms with Gasteiger partial charge >= 0.3 is 0 Å². The van der Waals surface area contributed by atoms with Gasteiger partial charge < -0.3 is 5.73 Å². The first-order chi connectivity index (χ1) is 6.57. The quantitative estimate of drug-likeness (QED) is 0.824. The third-order valence-electron chi connectivity index (χ3n) is 2.39. The van der Waals surface area contributed by atoms with Gasteiger partial charge in [0, 0.05) is 0 Å². The Hall–Kier alpha value is -0.600. The highest BCUT2D eigenvalue weighted by molar-refractivity contribution is 6.31. The topological polar surface area (TPSA) is 26.0 Å². The van der Waals surface area contributed by atoms with E-state index in [0.717, 1.165) is 24.0 Å². The largest absolute Gasteiger partial charge is 0.330 e. The number of aryl methyl sites for hydroxylation is 2. The van der Waals surface area contributed by atoms with Crippen molar-refractivity contribution in [3.05, 3.63) is 33.6 Å². The smallest absolute Gasteiger partial charge is 0.145 e. The zero-order chi connectivity index (χ0) is 10.7. The Bertz CT molecular complexity index is 337. The summed E-state index contributed by atoms with van der Waals surface area (Å²) in [6.45, 7) is 4.20. The van der Waals surface area contributed by atoms with Gasteiger partial charge in [-0.15, -0.1) is 0 Å². The summed E-state index contributed by atoms with van der Waals surface area (Å²) >= 11 is 5.79. The normalized spacial score (nSPS) is 10.6. The molecule has 14 heavy (non-hydrogen) atoms. The molecule has 0 saturated carbocycles. The van der Waals surface area contributed by atoms with Crippen LogP contribution in [-0.2, 0) is 6.42 Å². The van der Waals surface area contributed by atoms with Crippen molar-refractivity contribution in [2.75, 3.05) is 6.54 Å². The van der Waals surface area contributed by atoms with E-state index in [2.05, 4.69) is 0 Å². The highest BCUT2D eigenvalue weighted by Crippen LogP contribution is 2.25. The fourth-order valence-corrected chi connectivity index (χ4v) is 1.66. The summed E-state index contributed by atoms with van der Waals surface area (Å²) in [4.78, 5) is 0. The molecule has 0 aliphatic carbocycles. The Kier molecular flexibility index (Phi) is 3.90. The van der Waals surface area contributed by atoms with Crippen LogP contribution < -0.4 is 5.73 Å². The molecule has 1 aromatic rings. The van der Waals surface area contributed by atoms with E-state index in [-0.39, 0.29) is 10.8 Å². The van der Waals surface area contributed by atoms with Crippen LogP contribution in [0.15, 0.2) is 6.07 Å². The van der Waals surface area contributed by atoms with E-state index in [1.54, 1.807) is 6.92 Å². The molecule has 0 atom stereocenters. The molecular formula is C11H15ClFN. The minimum absolute atomic E-state index is 0.235. The third kappa shape index (κ3) is 2.25. The minimum atomic E-state index is -0.293. The van der Waals surface area contributed by atoms with Gasteiger partial charge in [-0.25, -0.2) is 4.39 Å².